The maximum Gasteiger partial charge on any atom is 0.237 e. The van der Waals surface area contributed by atoms with E-state index in [4.69, 9.17) is 20.6 Å². The number of carbonyl (C=O) groups is 3. The quantitative estimate of drug-likeness (QED) is 0.342. The van der Waals surface area contributed by atoms with Crippen molar-refractivity contribution in [2.24, 2.45) is 11.5 Å². The van der Waals surface area contributed by atoms with Gasteiger partial charge in [0.2, 0.25) is 17.7 Å². The fourth-order valence-electron chi connectivity index (χ4n) is 3.15. The maximum atomic E-state index is 13.1. The fourth-order valence-corrected chi connectivity index (χ4v) is 3.98. The largest absolute Gasteiger partial charge is 0.497 e. The number of amides is 3. The zero-order chi connectivity index (χ0) is 24.5. The molecular weight excluding hydrogens is 460 g/mol. The zero-order valence-electron chi connectivity index (χ0n) is 18.7. The molecule has 180 valence electrons. The van der Waals surface area contributed by atoms with Gasteiger partial charge in [0.25, 0.3) is 0 Å². The van der Waals surface area contributed by atoms with Crippen molar-refractivity contribution >= 4 is 35.2 Å². The summed E-state index contributed by atoms with van der Waals surface area (Å²) in [5.41, 5.74) is 11.2. The van der Waals surface area contributed by atoms with Crippen LogP contribution in [0.5, 0.6) is 5.75 Å². The van der Waals surface area contributed by atoms with E-state index in [1.165, 1.54) is 16.7 Å². The number of thioether (sulfide) groups is 1. The van der Waals surface area contributed by atoms with Crippen LogP contribution >= 0.6 is 11.8 Å². The van der Waals surface area contributed by atoms with Crippen molar-refractivity contribution in [2.75, 3.05) is 24.3 Å². The standard InChI is InChI=1S/C22H26N6O5S/c1-32-16-6-4-15(5-7-16)27(11-10-19(24)30)21(31)14-34-22-26-25-20(9-8-18(23)29)28(22)13-17-3-2-12-33-17/h2-7,12H,8-11,13-14H2,1H3,(H2,23,29)(H2,24,30). The summed E-state index contributed by atoms with van der Waals surface area (Å²) in [6, 6.07) is 10.5. The number of primary amides is 2. The van der Waals surface area contributed by atoms with Crippen molar-refractivity contribution in [3.63, 3.8) is 0 Å². The Morgan fingerprint density at radius 2 is 1.82 bits per heavy atom. The molecular formula is C22H26N6O5S. The lowest BCUT2D eigenvalue weighted by atomic mass is 10.2. The van der Waals surface area contributed by atoms with Crippen molar-refractivity contribution < 1.29 is 23.5 Å². The fraction of sp³-hybridized carbons (Fsp3) is 0.318. The van der Waals surface area contributed by atoms with Gasteiger partial charge < -0.3 is 25.5 Å². The lowest BCUT2D eigenvalue weighted by molar-refractivity contribution is -0.119. The van der Waals surface area contributed by atoms with Gasteiger partial charge in [-0.3, -0.25) is 19.0 Å². The lowest BCUT2D eigenvalue weighted by Gasteiger charge is -2.22. The average molecular weight is 487 g/mol. The SMILES string of the molecule is COc1ccc(N(CCC(N)=O)C(=O)CSc2nnc(CCC(N)=O)n2Cc2ccco2)cc1. The number of nitrogens with zero attached hydrogens (tertiary/aromatic N) is 4. The number of aryl methyl sites for hydroxylation is 1. The third-order valence-corrected chi connectivity index (χ3v) is 5.83. The number of furan rings is 1. The second-order valence-corrected chi connectivity index (χ2v) is 8.22. The summed E-state index contributed by atoms with van der Waals surface area (Å²) in [4.78, 5) is 37.2. The summed E-state index contributed by atoms with van der Waals surface area (Å²) in [5.74, 6) is 0.743. The smallest absolute Gasteiger partial charge is 0.237 e. The first-order valence-electron chi connectivity index (χ1n) is 10.5. The lowest BCUT2D eigenvalue weighted by Crippen LogP contribution is -2.35. The molecule has 2 heterocycles. The topological polar surface area (TPSA) is 160 Å². The molecule has 3 rings (SSSR count). The number of nitrogens with two attached hydrogens (primary N) is 2. The van der Waals surface area contributed by atoms with Gasteiger partial charge in [-0.2, -0.15) is 0 Å². The van der Waals surface area contributed by atoms with Gasteiger partial charge in [0, 0.05) is 31.5 Å². The van der Waals surface area contributed by atoms with Crippen LogP contribution in [0.3, 0.4) is 0 Å². The molecule has 0 unspecified atom stereocenters. The number of rotatable bonds is 13. The maximum absolute atomic E-state index is 13.1. The normalized spacial score (nSPS) is 10.7. The third kappa shape index (κ3) is 6.85. The van der Waals surface area contributed by atoms with Gasteiger partial charge in [-0.1, -0.05) is 11.8 Å². The van der Waals surface area contributed by atoms with Crippen LogP contribution in [0.1, 0.15) is 24.4 Å². The van der Waals surface area contributed by atoms with E-state index >= 15 is 0 Å². The van der Waals surface area contributed by atoms with E-state index in [0.717, 1.165) is 0 Å². The minimum absolute atomic E-state index is 0.0222. The van der Waals surface area contributed by atoms with Gasteiger partial charge in [-0.25, -0.2) is 0 Å². The van der Waals surface area contributed by atoms with Crippen molar-refractivity contribution in [1.82, 2.24) is 14.8 Å². The third-order valence-electron chi connectivity index (χ3n) is 4.87. The van der Waals surface area contributed by atoms with Crippen LogP contribution in [-0.2, 0) is 27.3 Å². The number of aromatic nitrogens is 3. The number of methoxy groups -OCH3 is 1. The monoisotopic (exact) mass is 486 g/mol. The van der Waals surface area contributed by atoms with Gasteiger partial charge >= 0.3 is 0 Å². The van der Waals surface area contributed by atoms with Crippen LogP contribution in [0.4, 0.5) is 5.69 Å². The summed E-state index contributed by atoms with van der Waals surface area (Å²) in [7, 11) is 1.55. The number of hydrogen-bond donors (Lipinski definition) is 2. The van der Waals surface area contributed by atoms with Crippen LogP contribution in [0.2, 0.25) is 0 Å². The van der Waals surface area contributed by atoms with Crippen molar-refractivity contribution in [2.45, 2.75) is 31.0 Å². The Labute approximate surface area is 200 Å². The molecule has 12 heteroatoms. The molecule has 0 saturated carbocycles. The molecule has 4 N–H and O–H groups in total. The minimum atomic E-state index is -0.503. The average Bonchev–Trinajstić information content (AvgIpc) is 3.47. The number of hydrogen-bond acceptors (Lipinski definition) is 8. The number of anilines is 1. The predicted molar refractivity (Wildman–Crippen MR) is 125 cm³/mol. The highest BCUT2D eigenvalue weighted by Gasteiger charge is 2.20. The Bertz CT molecular complexity index is 1110. The highest BCUT2D eigenvalue weighted by atomic mass is 32.2. The first-order valence-corrected chi connectivity index (χ1v) is 11.4. The molecule has 0 aliphatic carbocycles. The molecule has 0 saturated heterocycles. The Kier molecular flexibility index (Phi) is 8.68. The predicted octanol–water partition coefficient (Wildman–Crippen LogP) is 1.35. The molecule has 0 aliphatic rings. The molecule has 1 aromatic carbocycles. The summed E-state index contributed by atoms with van der Waals surface area (Å²) < 4.78 is 12.4. The summed E-state index contributed by atoms with van der Waals surface area (Å²) in [5, 5.41) is 8.86. The molecule has 0 atom stereocenters. The first kappa shape index (κ1) is 24.8. The summed E-state index contributed by atoms with van der Waals surface area (Å²) in [6.07, 6.45) is 2.02. The van der Waals surface area contributed by atoms with Crippen molar-refractivity contribution in [1.29, 1.82) is 0 Å². The van der Waals surface area contributed by atoms with Crippen LogP contribution in [0.25, 0.3) is 0 Å². The van der Waals surface area contributed by atoms with E-state index < -0.39 is 11.8 Å². The molecule has 0 aliphatic heterocycles. The van der Waals surface area contributed by atoms with Crippen LogP contribution in [-0.4, -0.2) is 51.9 Å². The Hall–Kier alpha value is -3.80. The minimum Gasteiger partial charge on any atom is -0.497 e. The molecule has 2 aromatic heterocycles. The highest BCUT2D eigenvalue weighted by Crippen LogP contribution is 2.24. The van der Waals surface area contributed by atoms with Gasteiger partial charge in [-0.05, 0) is 36.4 Å². The highest BCUT2D eigenvalue weighted by molar-refractivity contribution is 7.99. The molecule has 3 amide bonds. The molecule has 0 fully saturated rings. The number of carbonyl (C=O) groups excluding carboxylic acids is 3. The molecule has 11 nitrogen and oxygen atoms in total. The van der Waals surface area contributed by atoms with E-state index in [-0.39, 0.29) is 31.0 Å². The van der Waals surface area contributed by atoms with Crippen molar-refractivity contribution in [3.05, 3.63) is 54.2 Å². The van der Waals surface area contributed by atoms with E-state index in [9.17, 15) is 14.4 Å². The Morgan fingerprint density at radius 1 is 1.09 bits per heavy atom. The van der Waals surface area contributed by atoms with Gasteiger partial charge in [0.1, 0.15) is 17.3 Å². The van der Waals surface area contributed by atoms with E-state index in [1.807, 2.05) is 6.07 Å². The van der Waals surface area contributed by atoms with Gasteiger partial charge in [0.05, 0.1) is 25.7 Å². The molecule has 0 spiro atoms. The zero-order valence-corrected chi connectivity index (χ0v) is 19.5. The summed E-state index contributed by atoms with van der Waals surface area (Å²) >= 11 is 1.20. The van der Waals surface area contributed by atoms with Crippen molar-refractivity contribution in [3.8, 4) is 5.75 Å². The van der Waals surface area contributed by atoms with Crippen LogP contribution < -0.4 is 21.1 Å². The van der Waals surface area contributed by atoms with E-state index in [1.54, 1.807) is 48.3 Å². The summed E-state index contributed by atoms with van der Waals surface area (Å²) in [6.45, 7) is 0.485. The first-order chi connectivity index (χ1) is 16.4. The molecule has 34 heavy (non-hydrogen) atoms. The van der Waals surface area contributed by atoms with Crippen LogP contribution in [0.15, 0.2) is 52.2 Å². The van der Waals surface area contributed by atoms with Gasteiger partial charge in [-0.15, -0.1) is 10.2 Å². The molecule has 0 radical (unpaired) electrons. The number of ether oxygens (including phenoxy) is 1. The second-order valence-electron chi connectivity index (χ2n) is 7.28. The van der Waals surface area contributed by atoms with E-state index in [0.29, 0.717) is 41.1 Å². The molecule has 3 aromatic rings. The van der Waals surface area contributed by atoms with Gasteiger partial charge in [0.15, 0.2) is 5.16 Å². The number of benzene rings is 1. The van der Waals surface area contributed by atoms with E-state index in [2.05, 4.69) is 10.2 Å². The molecule has 0 bridgehead atoms. The second kappa shape index (κ2) is 11.9. The Balaban J connectivity index is 1.76. The Morgan fingerprint density at radius 3 is 2.44 bits per heavy atom. The van der Waals surface area contributed by atoms with Crippen LogP contribution in [0, 0.1) is 0 Å².